The topological polar surface area (TPSA) is 161 Å². The van der Waals surface area contributed by atoms with Gasteiger partial charge in [-0.3, -0.25) is 9.59 Å². The van der Waals surface area contributed by atoms with Gasteiger partial charge in [0.05, 0.1) is 8.95 Å². The molecule has 16 heteroatoms. The Kier molecular flexibility index (Phi) is 18.8. The maximum absolute atomic E-state index is 14.0. The van der Waals surface area contributed by atoms with Gasteiger partial charge in [0, 0.05) is 37.1 Å². The van der Waals surface area contributed by atoms with Crippen molar-refractivity contribution in [1.29, 1.82) is 0 Å². The summed E-state index contributed by atoms with van der Waals surface area (Å²) in [4.78, 5) is 31.5. The molecule has 0 saturated heterocycles. The average molecular weight is 1060 g/mol. The molecule has 0 atom stereocenters. The standard InChI is InChI=1S/C52H54Br2F2N4O8/c1-31-21-35(15-17-45(31)55)27-65-49-39(25-57-19-7-13-47(61)62)23-43(53)51(59-49)67-29-37-9-5-11-41(33(37)3)42-12-6-10-38(34(42)4)30-68-52-44(54)24-40(26-58-20-8-14-48(63)64)50(60-52)66-28-36-16-18-46(56)32(2)22-36/h5-6,9-12,15-18,21-24,57-58H,7-8,13-14,19-20,25-30H2,1-4H3,(H,61,62)(H,63,64). The molecule has 0 saturated carbocycles. The van der Waals surface area contributed by atoms with Crippen LogP contribution in [0.3, 0.4) is 0 Å². The van der Waals surface area contributed by atoms with E-state index in [4.69, 9.17) is 39.1 Å². The zero-order valence-corrected chi connectivity index (χ0v) is 41.5. The minimum Gasteiger partial charge on any atom is -0.481 e. The number of aryl methyl sites for hydroxylation is 2. The first-order valence-corrected chi connectivity index (χ1v) is 23.7. The molecular formula is C52H54Br2F2N4O8. The first-order chi connectivity index (χ1) is 32.7. The predicted octanol–water partition coefficient (Wildman–Crippen LogP) is 11.4. The fourth-order valence-electron chi connectivity index (χ4n) is 7.32. The number of aliphatic carboxylic acids is 2. The maximum atomic E-state index is 14.0. The Morgan fingerprint density at radius 2 is 0.941 bits per heavy atom. The number of pyridine rings is 2. The highest BCUT2D eigenvalue weighted by molar-refractivity contribution is 9.10. The van der Waals surface area contributed by atoms with Crippen molar-refractivity contribution in [3.63, 3.8) is 0 Å². The van der Waals surface area contributed by atoms with Crippen LogP contribution in [0.4, 0.5) is 8.78 Å². The number of hydrogen-bond donors (Lipinski definition) is 4. The first kappa shape index (κ1) is 51.5. The van der Waals surface area contributed by atoms with E-state index >= 15 is 0 Å². The molecule has 0 fully saturated rings. The normalized spacial score (nSPS) is 11.1. The summed E-state index contributed by atoms with van der Waals surface area (Å²) in [7, 11) is 0. The number of aromatic nitrogens is 2. The van der Waals surface area contributed by atoms with E-state index in [9.17, 15) is 18.4 Å². The van der Waals surface area contributed by atoms with Crippen molar-refractivity contribution in [2.75, 3.05) is 13.1 Å². The molecule has 0 radical (unpaired) electrons. The van der Waals surface area contributed by atoms with Gasteiger partial charge in [0.1, 0.15) is 38.1 Å². The lowest BCUT2D eigenvalue weighted by molar-refractivity contribution is -0.138. The Bertz CT molecular complexity index is 2560. The number of carboxylic acids is 2. The van der Waals surface area contributed by atoms with E-state index in [1.807, 2.05) is 36.4 Å². The van der Waals surface area contributed by atoms with E-state index in [-0.39, 0.29) is 50.9 Å². The summed E-state index contributed by atoms with van der Waals surface area (Å²) in [5.74, 6) is -0.990. The molecule has 12 nitrogen and oxygen atoms in total. The van der Waals surface area contributed by atoms with Crippen molar-refractivity contribution in [1.82, 2.24) is 20.6 Å². The molecule has 6 rings (SSSR count). The molecule has 0 unspecified atom stereocenters. The molecule has 4 N–H and O–H groups in total. The number of ether oxygens (including phenoxy) is 4. The third-order valence-corrected chi connectivity index (χ3v) is 12.3. The summed E-state index contributed by atoms with van der Waals surface area (Å²) >= 11 is 7.27. The molecule has 0 spiro atoms. The highest BCUT2D eigenvalue weighted by Gasteiger charge is 2.18. The van der Waals surface area contributed by atoms with E-state index < -0.39 is 11.9 Å². The van der Waals surface area contributed by atoms with E-state index in [1.54, 1.807) is 38.1 Å². The maximum Gasteiger partial charge on any atom is 0.303 e. The Balaban J connectivity index is 1.17. The average Bonchev–Trinajstić information content (AvgIpc) is 3.30. The highest BCUT2D eigenvalue weighted by atomic mass is 79.9. The number of halogens is 4. The van der Waals surface area contributed by atoms with Crippen LogP contribution in [-0.4, -0.2) is 45.2 Å². The Hall–Kier alpha value is -5.94. The van der Waals surface area contributed by atoms with Crippen molar-refractivity contribution in [2.45, 2.75) is 92.9 Å². The minimum atomic E-state index is -0.854. The van der Waals surface area contributed by atoms with E-state index in [0.717, 1.165) is 55.6 Å². The zero-order valence-electron chi connectivity index (χ0n) is 38.3. The lowest BCUT2D eigenvalue weighted by Gasteiger charge is -2.18. The van der Waals surface area contributed by atoms with Gasteiger partial charge in [-0.25, -0.2) is 8.78 Å². The number of hydrogen-bond acceptors (Lipinski definition) is 10. The second-order valence-electron chi connectivity index (χ2n) is 16.3. The van der Waals surface area contributed by atoms with Crippen LogP contribution >= 0.6 is 31.9 Å². The van der Waals surface area contributed by atoms with Gasteiger partial charge in [0.25, 0.3) is 0 Å². The molecule has 2 heterocycles. The fourth-order valence-corrected chi connectivity index (χ4v) is 8.28. The van der Waals surface area contributed by atoms with Crippen LogP contribution in [0.5, 0.6) is 23.5 Å². The minimum absolute atomic E-state index is 0.0559. The van der Waals surface area contributed by atoms with Gasteiger partial charge in [-0.2, -0.15) is 9.97 Å². The molecule has 0 aliphatic carbocycles. The quantitative estimate of drug-likeness (QED) is 0.0402. The molecule has 0 aliphatic heterocycles. The van der Waals surface area contributed by atoms with Gasteiger partial charge >= 0.3 is 11.9 Å². The Morgan fingerprint density at radius 1 is 0.544 bits per heavy atom. The second-order valence-corrected chi connectivity index (χ2v) is 18.0. The van der Waals surface area contributed by atoms with Crippen LogP contribution in [0.1, 0.15) is 81.3 Å². The number of nitrogens with zero attached hydrogens (tertiary/aromatic N) is 2. The summed E-state index contributed by atoms with van der Waals surface area (Å²) in [5, 5.41) is 24.6. The lowest BCUT2D eigenvalue weighted by atomic mass is 9.92. The summed E-state index contributed by atoms with van der Waals surface area (Å²) < 4.78 is 54.3. The SMILES string of the molecule is Cc1cc(COc2nc(OCc3cccc(-c4cccc(COc5nc(OCc6ccc(F)c(C)c6)c(CNCCCC(=O)O)cc5Br)c4C)c3C)c(Br)cc2CNCCCC(=O)O)ccc1F. The van der Waals surface area contributed by atoms with Crippen LogP contribution in [0, 0.1) is 39.3 Å². The smallest absolute Gasteiger partial charge is 0.303 e. The van der Waals surface area contributed by atoms with Crippen molar-refractivity contribution < 1.29 is 47.5 Å². The fraction of sp³-hybridized carbons (Fsp3) is 0.308. The van der Waals surface area contributed by atoms with Crippen LogP contribution in [0.15, 0.2) is 93.9 Å². The third-order valence-electron chi connectivity index (χ3n) is 11.2. The highest BCUT2D eigenvalue weighted by Crippen LogP contribution is 2.35. The van der Waals surface area contributed by atoms with E-state index in [2.05, 4.69) is 68.5 Å². The van der Waals surface area contributed by atoms with Gasteiger partial charge in [0.15, 0.2) is 0 Å². The molecule has 358 valence electrons. The van der Waals surface area contributed by atoms with Crippen molar-refractivity contribution >= 4 is 43.8 Å². The number of carbonyl (C=O) groups is 2. The predicted molar refractivity (Wildman–Crippen MR) is 262 cm³/mol. The van der Waals surface area contributed by atoms with Crippen LogP contribution in [-0.2, 0) is 49.1 Å². The molecule has 4 aromatic carbocycles. The number of benzene rings is 4. The third kappa shape index (κ3) is 14.5. The molecule has 6 aromatic rings. The zero-order chi connectivity index (χ0) is 48.7. The Labute approximate surface area is 411 Å². The summed E-state index contributed by atoms with van der Waals surface area (Å²) in [5.41, 5.74) is 10.0. The summed E-state index contributed by atoms with van der Waals surface area (Å²) in [6.45, 7) is 9.93. The Morgan fingerprint density at radius 3 is 1.32 bits per heavy atom. The van der Waals surface area contributed by atoms with Crippen molar-refractivity contribution in [3.8, 4) is 34.6 Å². The van der Waals surface area contributed by atoms with Gasteiger partial charge < -0.3 is 39.8 Å². The molecular weight excluding hydrogens is 1010 g/mol. The molecule has 0 aliphatic rings. The van der Waals surface area contributed by atoms with Gasteiger partial charge in [0.2, 0.25) is 23.5 Å². The first-order valence-electron chi connectivity index (χ1n) is 22.1. The molecule has 2 aromatic heterocycles. The van der Waals surface area contributed by atoms with Crippen LogP contribution in [0.25, 0.3) is 11.1 Å². The van der Waals surface area contributed by atoms with Gasteiger partial charge in [-0.15, -0.1) is 0 Å². The van der Waals surface area contributed by atoms with Gasteiger partial charge in [-0.1, -0.05) is 48.5 Å². The van der Waals surface area contributed by atoms with Crippen molar-refractivity contribution in [3.05, 3.63) is 161 Å². The largest absolute Gasteiger partial charge is 0.481 e. The second kappa shape index (κ2) is 24.9. The monoisotopic (exact) mass is 1060 g/mol. The summed E-state index contributed by atoms with van der Waals surface area (Å²) in [6.07, 6.45) is 1.05. The number of rotatable bonds is 25. The molecule has 68 heavy (non-hydrogen) atoms. The molecule has 0 amide bonds. The molecule has 0 bridgehead atoms. The van der Waals surface area contributed by atoms with E-state index in [0.29, 0.717) is 82.6 Å². The van der Waals surface area contributed by atoms with E-state index in [1.165, 1.54) is 12.1 Å². The lowest BCUT2D eigenvalue weighted by Crippen LogP contribution is -2.17. The number of carboxylic acid groups (broad SMARTS) is 2. The van der Waals surface area contributed by atoms with Crippen LogP contribution in [0.2, 0.25) is 0 Å². The summed E-state index contributed by atoms with van der Waals surface area (Å²) in [6, 6.07) is 25.5. The van der Waals surface area contributed by atoms with Crippen LogP contribution < -0.4 is 29.6 Å². The van der Waals surface area contributed by atoms with Gasteiger partial charge in [-0.05, 0) is 178 Å². The van der Waals surface area contributed by atoms with Crippen molar-refractivity contribution in [2.24, 2.45) is 0 Å². The number of nitrogens with one attached hydrogen (secondary N) is 2.